The average molecular weight is 192 g/mol. The lowest BCUT2D eigenvalue weighted by Crippen LogP contribution is -2.26. The van der Waals surface area contributed by atoms with Crippen LogP contribution in [0.3, 0.4) is 0 Å². The molecule has 0 saturated heterocycles. The lowest BCUT2D eigenvalue weighted by atomic mass is 9.82. The van der Waals surface area contributed by atoms with Gasteiger partial charge in [-0.25, -0.2) is 0 Å². The molecule has 2 unspecified atom stereocenters. The number of hydrogen-bond donors (Lipinski definition) is 2. The third-order valence-corrected chi connectivity index (χ3v) is 3.16. The van der Waals surface area contributed by atoms with E-state index in [0.717, 1.165) is 17.5 Å². The summed E-state index contributed by atoms with van der Waals surface area (Å²) in [5, 5.41) is 19.5. The first-order valence-corrected chi connectivity index (χ1v) is 5.06. The van der Waals surface area contributed by atoms with Crippen molar-refractivity contribution in [3.8, 4) is 0 Å². The van der Waals surface area contributed by atoms with Crippen molar-refractivity contribution < 1.29 is 10.2 Å². The molecule has 2 N–H and O–H groups in total. The minimum atomic E-state index is -0.696. The Hall–Kier alpha value is -0.860. The van der Waals surface area contributed by atoms with Crippen LogP contribution in [0.15, 0.2) is 12.1 Å². The van der Waals surface area contributed by atoms with Gasteiger partial charge in [0.15, 0.2) is 0 Å². The van der Waals surface area contributed by atoms with Crippen LogP contribution in [-0.4, -0.2) is 16.3 Å². The number of rotatable bonds is 0. The van der Waals surface area contributed by atoms with Crippen molar-refractivity contribution in [2.45, 2.75) is 38.9 Å². The molecule has 76 valence electrons. The number of aliphatic hydroxyl groups is 2. The zero-order valence-electron chi connectivity index (χ0n) is 8.62. The van der Waals surface area contributed by atoms with Gasteiger partial charge in [0.2, 0.25) is 0 Å². The summed E-state index contributed by atoms with van der Waals surface area (Å²) in [4.78, 5) is 0. The minimum Gasteiger partial charge on any atom is -0.390 e. The first-order chi connectivity index (χ1) is 6.61. The molecule has 1 aromatic carbocycles. The number of aryl methyl sites for hydroxylation is 2. The molecule has 1 aliphatic carbocycles. The third kappa shape index (κ3) is 1.35. The van der Waals surface area contributed by atoms with Crippen molar-refractivity contribution in [3.63, 3.8) is 0 Å². The zero-order valence-corrected chi connectivity index (χ0v) is 8.62. The van der Waals surface area contributed by atoms with Crippen molar-refractivity contribution in [3.05, 3.63) is 34.4 Å². The fourth-order valence-corrected chi connectivity index (χ4v) is 2.28. The molecular formula is C12H16O2. The van der Waals surface area contributed by atoms with Crippen LogP contribution in [0.4, 0.5) is 0 Å². The Labute approximate surface area is 84.2 Å². The fraction of sp³-hybridized carbons (Fsp3) is 0.500. The molecule has 0 amide bonds. The molecular weight excluding hydrogens is 176 g/mol. The summed E-state index contributed by atoms with van der Waals surface area (Å²) in [7, 11) is 0. The number of benzene rings is 1. The van der Waals surface area contributed by atoms with Gasteiger partial charge in [-0.05, 0) is 48.9 Å². The van der Waals surface area contributed by atoms with Crippen LogP contribution in [-0.2, 0) is 6.42 Å². The second-order valence-electron chi connectivity index (χ2n) is 4.14. The van der Waals surface area contributed by atoms with Gasteiger partial charge in [0.1, 0.15) is 6.10 Å². The molecule has 0 heterocycles. The highest BCUT2D eigenvalue weighted by Gasteiger charge is 2.28. The lowest BCUT2D eigenvalue weighted by Gasteiger charge is -2.29. The SMILES string of the molecule is Cc1ccc(C)c2c1CCC(O)C2O. The zero-order chi connectivity index (χ0) is 10.3. The Morgan fingerprint density at radius 1 is 1.14 bits per heavy atom. The maximum absolute atomic E-state index is 9.89. The quantitative estimate of drug-likeness (QED) is 0.656. The largest absolute Gasteiger partial charge is 0.390 e. The van der Waals surface area contributed by atoms with Crippen molar-refractivity contribution in [2.75, 3.05) is 0 Å². The molecule has 2 atom stereocenters. The minimum absolute atomic E-state index is 0.594. The van der Waals surface area contributed by atoms with Crippen LogP contribution in [0.2, 0.25) is 0 Å². The molecule has 0 aliphatic heterocycles. The van der Waals surface area contributed by atoms with Gasteiger partial charge in [-0.3, -0.25) is 0 Å². The summed E-state index contributed by atoms with van der Waals surface area (Å²) < 4.78 is 0. The molecule has 1 aliphatic rings. The Morgan fingerprint density at radius 2 is 1.79 bits per heavy atom. The molecule has 0 bridgehead atoms. The van der Waals surface area contributed by atoms with Crippen LogP contribution < -0.4 is 0 Å². The summed E-state index contributed by atoms with van der Waals surface area (Å²) in [5.41, 5.74) is 4.47. The Balaban J connectivity index is 2.58. The van der Waals surface area contributed by atoms with Gasteiger partial charge in [-0.1, -0.05) is 12.1 Å². The van der Waals surface area contributed by atoms with Crippen LogP contribution in [0.25, 0.3) is 0 Å². The van der Waals surface area contributed by atoms with Gasteiger partial charge in [0, 0.05) is 0 Å². The number of hydrogen-bond acceptors (Lipinski definition) is 2. The molecule has 0 saturated carbocycles. The van der Waals surface area contributed by atoms with Gasteiger partial charge in [-0.15, -0.1) is 0 Å². The van der Waals surface area contributed by atoms with E-state index >= 15 is 0 Å². The molecule has 2 rings (SSSR count). The summed E-state index contributed by atoms with van der Waals surface area (Å²) in [6, 6.07) is 4.09. The highest BCUT2D eigenvalue weighted by Crippen LogP contribution is 2.34. The second kappa shape index (κ2) is 3.37. The molecule has 1 aromatic rings. The summed E-state index contributed by atoms with van der Waals surface area (Å²) in [6.45, 7) is 4.04. The first-order valence-electron chi connectivity index (χ1n) is 5.06. The van der Waals surface area contributed by atoms with Crippen molar-refractivity contribution in [1.29, 1.82) is 0 Å². The van der Waals surface area contributed by atoms with Crippen LogP contribution in [0.5, 0.6) is 0 Å². The van der Waals surface area contributed by atoms with Gasteiger partial charge in [0.25, 0.3) is 0 Å². The van der Waals surface area contributed by atoms with Crippen LogP contribution in [0, 0.1) is 13.8 Å². The van der Waals surface area contributed by atoms with Gasteiger partial charge in [0.05, 0.1) is 6.10 Å². The van der Waals surface area contributed by atoms with E-state index in [0.29, 0.717) is 6.42 Å². The Morgan fingerprint density at radius 3 is 2.50 bits per heavy atom. The van der Waals surface area contributed by atoms with E-state index in [1.165, 1.54) is 11.1 Å². The van der Waals surface area contributed by atoms with Crippen molar-refractivity contribution in [2.24, 2.45) is 0 Å². The topological polar surface area (TPSA) is 40.5 Å². The summed E-state index contributed by atoms with van der Waals surface area (Å²) in [6.07, 6.45) is 0.251. The summed E-state index contributed by atoms with van der Waals surface area (Å²) >= 11 is 0. The first kappa shape index (κ1) is 9.69. The van der Waals surface area contributed by atoms with Gasteiger partial charge >= 0.3 is 0 Å². The van der Waals surface area contributed by atoms with Crippen molar-refractivity contribution >= 4 is 0 Å². The van der Waals surface area contributed by atoms with E-state index in [-0.39, 0.29) is 0 Å². The molecule has 0 aromatic heterocycles. The van der Waals surface area contributed by atoms with Crippen LogP contribution >= 0.6 is 0 Å². The molecule has 2 heteroatoms. The molecule has 2 nitrogen and oxygen atoms in total. The standard InChI is InChI=1S/C12H16O2/c1-7-3-4-8(2)11-9(7)5-6-10(13)12(11)14/h3-4,10,12-14H,5-6H2,1-2H3. The highest BCUT2D eigenvalue weighted by atomic mass is 16.3. The lowest BCUT2D eigenvalue weighted by molar-refractivity contribution is 0.00599. The molecule has 0 radical (unpaired) electrons. The van der Waals surface area contributed by atoms with E-state index in [4.69, 9.17) is 0 Å². The molecule has 0 fully saturated rings. The van der Waals surface area contributed by atoms with Crippen LogP contribution in [0.1, 0.15) is 34.8 Å². The normalized spacial score (nSPS) is 26.0. The second-order valence-corrected chi connectivity index (χ2v) is 4.14. The smallest absolute Gasteiger partial charge is 0.105 e. The summed E-state index contributed by atoms with van der Waals surface area (Å²) in [5.74, 6) is 0. The third-order valence-electron chi connectivity index (χ3n) is 3.16. The molecule has 14 heavy (non-hydrogen) atoms. The van der Waals surface area contributed by atoms with Gasteiger partial charge in [-0.2, -0.15) is 0 Å². The Kier molecular flexibility index (Phi) is 2.33. The average Bonchev–Trinajstić information content (AvgIpc) is 2.16. The maximum Gasteiger partial charge on any atom is 0.105 e. The highest BCUT2D eigenvalue weighted by molar-refractivity contribution is 5.43. The van der Waals surface area contributed by atoms with Gasteiger partial charge < -0.3 is 10.2 Å². The predicted octanol–water partition coefficient (Wildman–Crippen LogP) is 1.64. The van der Waals surface area contributed by atoms with E-state index in [1.807, 2.05) is 13.0 Å². The number of aliphatic hydroxyl groups excluding tert-OH is 2. The van der Waals surface area contributed by atoms with E-state index < -0.39 is 12.2 Å². The predicted molar refractivity (Wildman–Crippen MR) is 55.2 cm³/mol. The van der Waals surface area contributed by atoms with Crippen molar-refractivity contribution in [1.82, 2.24) is 0 Å². The molecule has 0 spiro atoms. The monoisotopic (exact) mass is 192 g/mol. The van der Waals surface area contributed by atoms with E-state index in [1.54, 1.807) is 0 Å². The fourth-order valence-electron chi connectivity index (χ4n) is 2.28. The van der Waals surface area contributed by atoms with E-state index in [2.05, 4.69) is 13.0 Å². The Bertz CT molecular complexity index is 358. The maximum atomic E-state index is 9.89. The number of fused-ring (bicyclic) bond motifs is 1. The van der Waals surface area contributed by atoms with E-state index in [9.17, 15) is 10.2 Å².